The predicted molar refractivity (Wildman–Crippen MR) is 98.1 cm³/mol. The summed E-state index contributed by atoms with van der Waals surface area (Å²) in [6, 6.07) is 15.2. The number of rotatable bonds is 6. The van der Waals surface area contributed by atoms with Crippen LogP contribution in [0.25, 0.3) is 0 Å². The first kappa shape index (κ1) is 18.0. The van der Waals surface area contributed by atoms with Gasteiger partial charge in [0.05, 0.1) is 12.5 Å². The number of hydrogen-bond donors (Lipinski definition) is 1. The molecular weight excluding hydrogens is 330 g/mol. The molecule has 26 heavy (non-hydrogen) atoms. The molecule has 0 saturated heterocycles. The molecule has 0 radical (unpaired) electrons. The van der Waals surface area contributed by atoms with E-state index in [1.54, 1.807) is 4.90 Å². The Kier molecular flexibility index (Phi) is 5.56. The molecule has 1 N–H and O–H groups in total. The number of nitrogens with zero attached hydrogens (tertiary/aromatic N) is 1. The van der Waals surface area contributed by atoms with Crippen LogP contribution in [-0.2, 0) is 16.1 Å². The molecule has 2 aromatic carbocycles. The smallest absolute Gasteiger partial charge is 0.312 e. The Bertz CT molecular complexity index is 802. The average Bonchev–Trinajstić information content (AvgIpc) is 2.64. The lowest BCUT2D eigenvalue weighted by Gasteiger charge is -2.33. The second-order valence-electron chi connectivity index (χ2n) is 6.63. The number of amides is 1. The zero-order chi connectivity index (χ0) is 18.5. The molecule has 1 unspecified atom stereocenters. The van der Waals surface area contributed by atoms with Crippen LogP contribution in [0.5, 0.6) is 5.75 Å². The van der Waals surface area contributed by atoms with Crippen molar-refractivity contribution < 1.29 is 19.4 Å². The zero-order valence-electron chi connectivity index (χ0n) is 14.9. The molecule has 136 valence electrons. The lowest BCUT2D eigenvalue weighted by Crippen LogP contribution is -2.40. The van der Waals surface area contributed by atoms with Crippen LogP contribution in [-0.4, -0.2) is 35.0 Å². The summed E-state index contributed by atoms with van der Waals surface area (Å²) < 4.78 is 5.68. The van der Waals surface area contributed by atoms with Crippen molar-refractivity contribution in [2.24, 2.45) is 0 Å². The molecule has 2 aromatic rings. The van der Waals surface area contributed by atoms with Gasteiger partial charge in [-0.1, -0.05) is 36.4 Å². The van der Waals surface area contributed by atoms with E-state index in [0.29, 0.717) is 26.0 Å². The van der Waals surface area contributed by atoms with Crippen LogP contribution >= 0.6 is 0 Å². The monoisotopic (exact) mass is 353 g/mol. The van der Waals surface area contributed by atoms with Gasteiger partial charge in [0, 0.05) is 19.5 Å². The van der Waals surface area contributed by atoms with Gasteiger partial charge in [-0.15, -0.1) is 0 Å². The van der Waals surface area contributed by atoms with Gasteiger partial charge in [0.1, 0.15) is 5.75 Å². The maximum absolute atomic E-state index is 12.5. The Labute approximate surface area is 153 Å². The lowest BCUT2D eigenvalue weighted by atomic mass is 9.89. The molecule has 3 rings (SSSR count). The maximum atomic E-state index is 12.5. The van der Waals surface area contributed by atoms with Crippen molar-refractivity contribution in [1.29, 1.82) is 0 Å². The lowest BCUT2D eigenvalue weighted by molar-refractivity contribution is -0.141. The highest BCUT2D eigenvalue weighted by atomic mass is 16.5. The van der Waals surface area contributed by atoms with Gasteiger partial charge < -0.3 is 14.7 Å². The van der Waals surface area contributed by atoms with Gasteiger partial charge in [-0.05, 0) is 42.2 Å². The fraction of sp³-hybridized carbons (Fsp3) is 0.333. The number of benzene rings is 2. The number of hydrogen-bond acceptors (Lipinski definition) is 3. The highest BCUT2D eigenvalue weighted by Crippen LogP contribution is 2.29. The van der Waals surface area contributed by atoms with Gasteiger partial charge in [-0.25, -0.2) is 0 Å². The normalized spacial score (nSPS) is 16.0. The molecule has 1 atom stereocenters. The fourth-order valence-corrected chi connectivity index (χ4v) is 3.28. The topological polar surface area (TPSA) is 66.8 Å². The molecule has 0 bridgehead atoms. The minimum absolute atomic E-state index is 0.0291. The number of ether oxygens (including phenoxy) is 1. The van der Waals surface area contributed by atoms with E-state index in [2.05, 4.69) is 0 Å². The van der Waals surface area contributed by atoms with Crippen LogP contribution in [0.15, 0.2) is 48.5 Å². The summed E-state index contributed by atoms with van der Waals surface area (Å²) >= 11 is 0. The molecule has 0 fully saturated rings. The molecule has 0 saturated carbocycles. The average molecular weight is 353 g/mol. The summed E-state index contributed by atoms with van der Waals surface area (Å²) in [5.41, 5.74) is 2.85. The predicted octanol–water partition coefficient (Wildman–Crippen LogP) is 3.36. The third-order valence-electron chi connectivity index (χ3n) is 4.64. The number of aliphatic carboxylic acids is 1. The number of carbonyl (C=O) groups excluding carboxylic acids is 1. The van der Waals surface area contributed by atoms with E-state index in [1.807, 2.05) is 55.5 Å². The van der Waals surface area contributed by atoms with E-state index < -0.39 is 11.9 Å². The van der Waals surface area contributed by atoms with Gasteiger partial charge >= 0.3 is 5.97 Å². The highest BCUT2D eigenvalue weighted by Gasteiger charge is 2.31. The van der Waals surface area contributed by atoms with E-state index >= 15 is 0 Å². The standard InChI is InChI=1S/C21H23NO4/c1-15-6-4-8-17(12-15)26-11-5-10-20(23)22-13-16-7-2-3-9-18(16)19(14-22)21(24)25/h2-4,6-9,12,19H,5,10-11,13-14H2,1H3,(H,24,25). The number of aryl methyl sites for hydroxylation is 1. The molecule has 5 heteroatoms. The summed E-state index contributed by atoms with van der Waals surface area (Å²) in [6.45, 7) is 3.16. The maximum Gasteiger partial charge on any atom is 0.312 e. The summed E-state index contributed by atoms with van der Waals surface area (Å²) in [6.07, 6.45) is 0.947. The summed E-state index contributed by atoms with van der Waals surface area (Å²) in [5, 5.41) is 9.49. The van der Waals surface area contributed by atoms with Crippen LogP contribution in [0, 0.1) is 6.92 Å². The minimum atomic E-state index is -0.891. The van der Waals surface area contributed by atoms with Gasteiger partial charge in [0.15, 0.2) is 0 Å². The Morgan fingerprint density at radius 3 is 2.77 bits per heavy atom. The molecule has 1 amide bonds. The molecule has 0 aromatic heterocycles. The summed E-state index contributed by atoms with van der Waals surface area (Å²) in [7, 11) is 0. The van der Waals surface area contributed by atoms with Crippen molar-refractivity contribution in [3.63, 3.8) is 0 Å². The van der Waals surface area contributed by atoms with Crippen molar-refractivity contribution in [1.82, 2.24) is 4.90 Å². The highest BCUT2D eigenvalue weighted by molar-refractivity contribution is 5.81. The van der Waals surface area contributed by atoms with Gasteiger partial charge in [0.2, 0.25) is 5.91 Å². The number of carboxylic acid groups (broad SMARTS) is 1. The van der Waals surface area contributed by atoms with Crippen molar-refractivity contribution in [3.8, 4) is 5.75 Å². The van der Waals surface area contributed by atoms with Crippen molar-refractivity contribution >= 4 is 11.9 Å². The van der Waals surface area contributed by atoms with Crippen LogP contribution in [0.2, 0.25) is 0 Å². The molecule has 1 aliphatic heterocycles. The fourth-order valence-electron chi connectivity index (χ4n) is 3.28. The number of carbonyl (C=O) groups is 2. The van der Waals surface area contributed by atoms with E-state index in [4.69, 9.17) is 4.74 Å². The largest absolute Gasteiger partial charge is 0.494 e. The van der Waals surface area contributed by atoms with Crippen molar-refractivity contribution in [3.05, 3.63) is 65.2 Å². The van der Waals surface area contributed by atoms with Crippen LogP contribution in [0.4, 0.5) is 0 Å². The summed E-state index contributed by atoms with van der Waals surface area (Å²) in [4.78, 5) is 25.7. The minimum Gasteiger partial charge on any atom is -0.494 e. The number of fused-ring (bicyclic) bond motifs is 1. The van der Waals surface area contributed by atoms with E-state index in [1.165, 1.54) is 0 Å². The molecule has 1 heterocycles. The third-order valence-corrected chi connectivity index (χ3v) is 4.64. The Balaban J connectivity index is 1.54. The van der Waals surface area contributed by atoms with Gasteiger partial charge in [-0.3, -0.25) is 9.59 Å². The SMILES string of the molecule is Cc1cccc(OCCCC(=O)N2Cc3ccccc3C(C(=O)O)C2)c1. The first-order chi connectivity index (χ1) is 12.5. The Hall–Kier alpha value is -2.82. The van der Waals surface area contributed by atoms with Crippen molar-refractivity contribution in [2.75, 3.05) is 13.2 Å². The Morgan fingerprint density at radius 2 is 2.00 bits per heavy atom. The second-order valence-corrected chi connectivity index (χ2v) is 6.63. The molecule has 0 aliphatic carbocycles. The van der Waals surface area contributed by atoms with E-state index in [0.717, 1.165) is 22.4 Å². The van der Waals surface area contributed by atoms with Crippen LogP contribution in [0.1, 0.15) is 35.4 Å². The van der Waals surface area contributed by atoms with E-state index in [9.17, 15) is 14.7 Å². The summed E-state index contributed by atoms with van der Waals surface area (Å²) in [5.74, 6) is -0.779. The first-order valence-electron chi connectivity index (χ1n) is 8.82. The van der Waals surface area contributed by atoms with Crippen molar-refractivity contribution in [2.45, 2.75) is 32.2 Å². The third kappa shape index (κ3) is 4.23. The second kappa shape index (κ2) is 8.04. The first-order valence-corrected chi connectivity index (χ1v) is 8.82. The quantitative estimate of drug-likeness (QED) is 0.809. The van der Waals surface area contributed by atoms with Crippen LogP contribution < -0.4 is 4.74 Å². The molecule has 5 nitrogen and oxygen atoms in total. The van der Waals surface area contributed by atoms with Gasteiger partial charge in [0.25, 0.3) is 0 Å². The Morgan fingerprint density at radius 1 is 1.19 bits per heavy atom. The van der Waals surface area contributed by atoms with E-state index in [-0.39, 0.29) is 12.5 Å². The molecule has 1 aliphatic rings. The van der Waals surface area contributed by atoms with Crippen LogP contribution in [0.3, 0.4) is 0 Å². The number of carboxylic acids is 1. The molecular formula is C21H23NO4. The zero-order valence-corrected chi connectivity index (χ0v) is 14.9. The molecule has 0 spiro atoms. The van der Waals surface area contributed by atoms with Gasteiger partial charge in [-0.2, -0.15) is 0 Å².